The number of benzene rings is 2. The molecule has 0 amide bonds. The van der Waals surface area contributed by atoms with Crippen molar-refractivity contribution in [2.75, 3.05) is 0 Å². The van der Waals surface area contributed by atoms with Gasteiger partial charge in [-0.25, -0.2) is 0 Å². The summed E-state index contributed by atoms with van der Waals surface area (Å²) in [6, 6.07) is 10.5. The van der Waals surface area contributed by atoms with Crippen LogP contribution in [0.15, 0.2) is 47.4 Å². The van der Waals surface area contributed by atoms with E-state index >= 15 is 0 Å². The molecule has 2 aromatic carbocycles. The monoisotopic (exact) mass is 442 g/mol. The molecule has 7 heteroatoms. The van der Waals surface area contributed by atoms with Gasteiger partial charge in [-0.15, -0.1) is 0 Å². The largest absolute Gasteiger partial charge is 1.00 e. The molecule has 0 spiro atoms. The summed E-state index contributed by atoms with van der Waals surface area (Å²) in [5, 5.41) is 12.0. The molecule has 0 aliphatic carbocycles. The van der Waals surface area contributed by atoms with E-state index in [-0.39, 0.29) is 46.0 Å². The molecule has 0 heterocycles. The Morgan fingerprint density at radius 2 is 1.47 bits per heavy atom. The Hall–Kier alpha value is -1.05. The van der Waals surface area contributed by atoms with Crippen molar-refractivity contribution < 1.29 is 52.4 Å². The van der Waals surface area contributed by atoms with E-state index in [0.29, 0.717) is 5.75 Å². The molecule has 0 fully saturated rings. The normalized spacial score (nSPS) is 11.1. The molecule has 0 bridgehead atoms. The second kappa shape index (κ2) is 14.1. The number of aryl methyl sites for hydroxylation is 1. The van der Waals surface area contributed by atoms with Crippen LogP contribution in [-0.4, -0.2) is 13.0 Å². The molecule has 0 atom stereocenters. The predicted octanol–water partition coefficient (Wildman–Crippen LogP) is 2.88. The first-order valence-electron chi connectivity index (χ1n) is 10.5. The van der Waals surface area contributed by atoms with Crippen molar-refractivity contribution in [3.05, 3.63) is 48.0 Å². The van der Waals surface area contributed by atoms with Gasteiger partial charge in [-0.3, -0.25) is 4.55 Å². The van der Waals surface area contributed by atoms with Crippen molar-refractivity contribution in [2.45, 2.75) is 76.0 Å². The van der Waals surface area contributed by atoms with E-state index in [1.165, 1.54) is 63.1 Å². The molecule has 0 saturated heterocycles. The van der Waals surface area contributed by atoms with Crippen LogP contribution in [0.25, 0.3) is 0 Å². The van der Waals surface area contributed by atoms with Gasteiger partial charge >= 0.3 is 29.6 Å². The number of hydrogen-bond acceptors (Lipinski definition) is 4. The maximum atomic E-state index is 12.0. The van der Waals surface area contributed by atoms with Crippen LogP contribution in [-0.2, 0) is 16.5 Å². The van der Waals surface area contributed by atoms with Crippen LogP contribution in [0.1, 0.15) is 70.3 Å². The Balaban J connectivity index is 0.00000450. The number of unbranched alkanes of at least 4 members (excludes halogenated alkanes) is 8. The zero-order valence-corrected chi connectivity index (χ0v) is 20.9. The Morgan fingerprint density at radius 1 is 0.867 bits per heavy atom. The fourth-order valence-corrected chi connectivity index (χ4v) is 3.77. The summed E-state index contributed by atoms with van der Waals surface area (Å²) in [6.07, 6.45) is 11.6. The minimum absolute atomic E-state index is 0. The van der Waals surface area contributed by atoms with Gasteiger partial charge in [0.1, 0.15) is 11.5 Å². The third-order valence-corrected chi connectivity index (χ3v) is 5.80. The van der Waals surface area contributed by atoms with Crippen molar-refractivity contribution in [2.24, 2.45) is 0 Å². The van der Waals surface area contributed by atoms with Crippen molar-refractivity contribution in [3.63, 3.8) is 0 Å². The van der Waals surface area contributed by atoms with Crippen molar-refractivity contribution in [1.29, 1.82) is 0 Å². The van der Waals surface area contributed by atoms with Gasteiger partial charge < -0.3 is 9.84 Å². The molecule has 0 aliphatic heterocycles. The minimum atomic E-state index is -4.34. The van der Waals surface area contributed by atoms with Crippen LogP contribution in [0.5, 0.6) is 17.2 Å². The minimum Gasteiger partial charge on any atom is -0.870 e. The van der Waals surface area contributed by atoms with E-state index in [1.54, 1.807) is 24.3 Å². The number of ether oxygens (including phenoxy) is 1. The van der Waals surface area contributed by atoms with Gasteiger partial charge in [0.2, 0.25) is 0 Å². The van der Waals surface area contributed by atoms with Crippen molar-refractivity contribution >= 4 is 10.1 Å². The van der Waals surface area contributed by atoms with Gasteiger partial charge in [0.05, 0.1) is 4.90 Å². The van der Waals surface area contributed by atoms with Crippen LogP contribution in [0.3, 0.4) is 0 Å². The molecule has 30 heavy (non-hydrogen) atoms. The third kappa shape index (κ3) is 9.40. The Morgan fingerprint density at radius 3 is 2.07 bits per heavy atom. The fourth-order valence-electron chi connectivity index (χ4n) is 3.28. The average molecular weight is 443 g/mol. The average Bonchev–Trinajstić information content (AvgIpc) is 2.68. The molecule has 5 nitrogen and oxygen atoms in total. The quantitative estimate of drug-likeness (QED) is 0.293. The number of rotatable bonds is 13. The van der Waals surface area contributed by atoms with Gasteiger partial charge in [-0.1, -0.05) is 88.3 Å². The number of hydrogen-bond donors (Lipinski definition) is 1. The van der Waals surface area contributed by atoms with E-state index in [1.807, 2.05) is 0 Å². The smallest absolute Gasteiger partial charge is 0.870 e. The molecule has 0 unspecified atom stereocenters. The third-order valence-electron chi connectivity index (χ3n) is 4.96. The molecule has 0 radical (unpaired) electrons. The number of para-hydroxylation sites is 2. The first-order chi connectivity index (χ1) is 13.9. The summed E-state index contributed by atoms with van der Waals surface area (Å²) in [5.74, 6) is 0.148. The molecule has 2 aromatic rings. The van der Waals surface area contributed by atoms with Gasteiger partial charge in [-0.05, 0) is 30.5 Å². The van der Waals surface area contributed by atoms with Gasteiger partial charge in [0, 0.05) is 6.07 Å². The molecule has 0 aromatic heterocycles. The summed E-state index contributed by atoms with van der Waals surface area (Å²) < 4.78 is 38.0. The zero-order valence-electron chi connectivity index (χ0n) is 18.1. The van der Waals surface area contributed by atoms with E-state index < -0.39 is 10.1 Å². The van der Waals surface area contributed by atoms with Crippen LogP contribution in [0, 0.1) is 0 Å². The summed E-state index contributed by atoms with van der Waals surface area (Å²) in [6.45, 7) is 2.22. The molecule has 0 saturated carbocycles. The second-order valence-electron chi connectivity index (χ2n) is 7.37. The van der Waals surface area contributed by atoms with E-state index in [4.69, 9.17) is 4.74 Å². The zero-order chi connectivity index (χ0) is 21.1. The van der Waals surface area contributed by atoms with Crippen molar-refractivity contribution in [1.82, 2.24) is 0 Å². The second-order valence-corrected chi connectivity index (χ2v) is 8.79. The summed E-state index contributed by atoms with van der Waals surface area (Å²) >= 11 is 0. The molecule has 1 N–H and O–H groups in total. The Labute approximate surface area is 202 Å². The summed E-state index contributed by atoms with van der Waals surface area (Å²) in [4.78, 5) is -0.244. The summed E-state index contributed by atoms with van der Waals surface area (Å²) in [5.41, 5.74) is 0.823. The van der Waals surface area contributed by atoms with E-state index in [2.05, 4.69) is 6.92 Å². The Bertz CT molecular complexity index is 868. The molecule has 2 rings (SSSR count). The predicted molar refractivity (Wildman–Crippen MR) is 113 cm³/mol. The maximum absolute atomic E-state index is 12.0. The SMILES string of the molecule is CCCCCCCCCCCc1ccc(S(=O)(=O)O)cc1Oc1ccccc1[O-].[Na+]. The standard InChI is InChI=1S/C23H32O5S.Na/c1-2-3-4-5-6-7-8-9-10-13-19-16-17-20(29(25,26)27)18-23(19)28-22-15-12-11-14-21(22)24;/h11-12,14-18,24H,2-10,13H2,1H3,(H,25,26,27);/q;+1/p-1. The first-order valence-corrected chi connectivity index (χ1v) is 11.9. The van der Waals surface area contributed by atoms with Gasteiger partial charge in [-0.2, -0.15) is 8.42 Å². The van der Waals surface area contributed by atoms with Gasteiger partial charge in [0.15, 0.2) is 0 Å². The molecular weight excluding hydrogens is 411 g/mol. The van der Waals surface area contributed by atoms with Crippen LogP contribution >= 0.6 is 0 Å². The summed E-state index contributed by atoms with van der Waals surface area (Å²) in [7, 11) is -4.34. The van der Waals surface area contributed by atoms with Crippen molar-refractivity contribution in [3.8, 4) is 17.2 Å². The van der Waals surface area contributed by atoms with Crippen LogP contribution in [0.4, 0.5) is 0 Å². The maximum Gasteiger partial charge on any atom is 1.00 e. The van der Waals surface area contributed by atoms with Crippen LogP contribution in [0.2, 0.25) is 0 Å². The van der Waals surface area contributed by atoms with E-state index in [0.717, 1.165) is 24.8 Å². The molecule has 0 aliphatic rings. The molecular formula is C23H31NaO5S. The Kier molecular flexibility index (Phi) is 12.7. The fraction of sp³-hybridized carbons (Fsp3) is 0.478. The van der Waals surface area contributed by atoms with Crippen LogP contribution < -0.4 is 39.4 Å². The van der Waals surface area contributed by atoms with Gasteiger partial charge in [0.25, 0.3) is 10.1 Å². The topological polar surface area (TPSA) is 86.7 Å². The molecule has 160 valence electrons. The van der Waals surface area contributed by atoms with E-state index in [9.17, 15) is 18.1 Å². The first kappa shape index (κ1) is 27.0.